The van der Waals surface area contributed by atoms with Crippen LogP contribution in [0.5, 0.6) is 0 Å². The molecule has 4 rings (SSSR count). The second-order valence-electron chi connectivity index (χ2n) is 9.07. The third-order valence-electron chi connectivity index (χ3n) is 7.14. The minimum absolute atomic E-state index is 0.127. The fourth-order valence-electron chi connectivity index (χ4n) is 5.38. The van der Waals surface area contributed by atoms with Crippen molar-refractivity contribution in [1.82, 2.24) is 5.32 Å². The molecule has 1 heterocycles. The molecular weight excluding hydrogens is 386 g/mol. The lowest BCUT2D eigenvalue weighted by atomic mass is 9.79. The van der Waals surface area contributed by atoms with Gasteiger partial charge >= 0.3 is 0 Å². The third kappa shape index (κ3) is 5.73. The van der Waals surface area contributed by atoms with E-state index in [1.54, 1.807) is 4.90 Å². The molecule has 2 fully saturated rings. The summed E-state index contributed by atoms with van der Waals surface area (Å²) in [6.45, 7) is 5.03. The van der Waals surface area contributed by atoms with E-state index in [1.165, 1.54) is 43.2 Å². The Morgan fingerprint density at radius 1 is 0.935 bits per heavy atom. The van der Waals surface area contributed by atoms with Gasteiger partial charge in [0, 0.05) is 24.0 Å². The number of hydrogen-bond donors (Lipinski definition) is 3. The van der Waals surface area contributed by atoms with Crippen molar-refractivity contribution in [3.05, 3.63) is 71.8 Å². The molecule has 5 heteroatoms. The first kappa shape index (κ1) is 22.0. The van der Waals surface area contributed by atoms with E-state index >= 15 is 0 Å². The maximum atomic E-state index is 12.9. The molecule has 31 heavy (non-hydrogen) atoms. The van der Waals surface area contributed by atoms with Crippen molar-refractivity contribution in [3.63, 3.8) is 0 Å². The highest BCUT2D eigenvalue weighted by Gasteiger charge is 2.42. The fraction of sp³-hybridized carbons (Fsp3) is 0.500. The smallest absolute Gasteiger partial charge is 0.275 e. The van der Waals surface area contributed by atoms with Crippen molar-refractivity contribution in [2.24, 2.45) is 0 Å². The zero-order valence-corrected chi connectivity index (χ0v) is 18.5. The van der Waals surface area contributed by atoms with Crippen molar-refractivity contribution in [2.45, 2.75) is 43.7 Å². The van der Waals surface area contributed by atoms with Gasteiger partial charge in [0.2, 0.25) is 0 Å². The number of morpholine rings is 1. The molecule has 1 saturated heterocycles. The molecule has 2 aromatic carbocycles. The molecule has 0 bridgehead atoms. The number of nitrogens with two attached hydrogens (primary N) is 1. The molecule has 4 N–H and O–H groups in total. The lowest BCUT2D eigenvalue weighted by Crippen LogP contribution is -3.23. The van der Waals surface area contributed by atoms with Gasteiger partial charge in [0.15, 0.2) is 6.54 Å². The van der Waals surface area contributed by atoms with E-state index in [-0.39, 0.29) is 17.5 Å². The Hall–Kier alpha value is -2.21. The molecule has 2 aromatic rings. The molecule has 1 aliphatic heterocycles. The summed E-state index contributed by atoms with van der Waals surface area (Å²) in [6.07, 6.45) is 6.29. The van der Waals surface area contributed by atoms with Crippen molar-refractivity contribution in [2.75, 3.05) is 39.4 Å². The zero-order valence-electron chi connectivity index (χ0n) is 18.5. The van der Waals surface area contributed by atoms with Gasteiger partial charge in [-0.1, -0.05) is 67.1 Å². The van der Waals surface area contributed by atoms with Gasteiger partial charge in [-0.3, -0.25) is 4.79 Å². The monoisotopic (exact) mass is 423 g/mol. The van der Waals surface area contributed by atoms with E-state index < -0.39 is 0 Å². The largest absolute Gasteiger partial charge is 0.370 e. The Labute approximate surface area is 186 Å². The van der Waals surface area contributed by atoms with Crippen LogP contribution in [0.1, 0.15) is 49.3 Å². The molecule has 0 aromatic heterocycles. The third-order valence-corrected chi connectivity index (χ3v) is 7.14. The number of rotatable bonds is 8. The molecule has 5 nitrogen and oxygen atoms in total. The Morgan fingerprint density at radius 2 is 1.52 bits per heavy atom. The van der Waals surface area contributed by atoms with Gasteiger partial charge in [0.25, 0.3) is 5.91 Å². The average molecular weight is 424 g/mol. The molecule has 0 unspecified atom stereocenters. The van der Waals surface area contributed by atoms with Crippen LogP contribution in [-0.4, -0.2) is 50.8 Å². The first-order chi connectivity index (χ1) is 15.3. The van der Waals surface area contributed by atoms with Crippen molar-refractivity contribution in [3.8, 4) is 0 Å². The van der Waals surface area contributed by atoms with Crippen LogP contribution < -0.4 is 15.5 Å². The second kappa shape index (κ2) is 10.9. The van der Waals surface area contributed by atoms with Crippen LogP contribution in [0, 0.1) is 0 Å². The van der Waals surface area contributed by atoms with Crippen LogP contribution in [-0.2, 0) is 9.53 Å². The number of amides is 1. The Bertz CT molecular complexity index is 760. The second-order valence-corrected chi connectivity index (χ2v) is 9.07. The number of benzene rings is 2. The Balaban J connectivity index is 1.37. The number of quaternary nitrogens is 2. The minimum Gasteiger partial charge on any atom is -0.370 e. The normalized spacial score (nSPS) is 19.3. The highest BCUT2D eigenvalue weighted by atomic mass is 16.5. The van der Waals surface area contributed by atoms with Gasteiger partial charge in [-0.15, -0.1) is 0 Å². The van der Waals surface area contributed by atoms with Gasteiger partial charge in [0.1, 0.15) is 24.7 Å². The lowest BCUT2D eigenvalue weighted by molar-refractivity contribution is -0.960. The molecule has 2 aliphatic rings. The lowest BCUT2D eigenvalue weighted by Gasteiger charge is -2.44. The predicted molar refractivity (Wildman–Crippen MR) is 122 cm³/mol. The molecule has 1 saturated carbocycles. The van der Waals surface area contributed by atoms with Gasteiger partial charge in [0.05, 0.1) is 19.8 Å². The molecule has 0 atom stereocenters. The van der Waals surface area contributed by atoms with Crippen LogP contribution in [0.2, 0.25) is 0 Å². The number of hydrogen-bond acceptors (Lipinski definition) is 2. The topological polar surface area (TPSA) is 59.4 Å². The Kier molecular flexibility index (Phi) is 7.73. The first-order valence-corrected chi connectivity index (χ1v) is 11.9. The van der Waals surface area contributed by atoms with Crippen molar-refractivity contribution >= 4 is 5.91 Å². The summed E-state index contributed by atoms with van der Waals surface area (Å²) in [5.41, 5.74) is 2.64. The quantitative estimate of drug-likeness (QED) is 0.595. The molecular formula is C26H37N3O2+2. The van der Waals surface area contributed by atoms with E-state index in [1.807, 2.05) is 12.1 Å². The van der Waals surface area contributed by atoms with E-state index in [4.69, 9.17) is 4.74 Å². The van der Waals surface area contributed by atoms with Crippen LogP contribution >= 0.6 is 0 Å². The highest BCUT2D eigenvalue weighted by Crippen LogP contribution is 2.25. The highest BCUT2D eigenvalue weighted by molar-refractivity contribution is 5.76. The molecule has 1 aliphatic carbocycles. The van der Waals surface area contributed by atoms with Gasteiger partial charge in [-0.25, -0.2) is 0 Å². The SMILES string of the molecule is O=C(C[NH2+]C(c1ccccc1)c1ccccc1)NCC1([NH+]2CCOCC2)CCCCC1. The number of ether oxygens (including phenoxy) is 1. The first-order valence-electron chi connectivity index (χ1n) is 11.9. The van der Waals surface area contributed by atoms with Gasteiger partial charge in [-0.05, 0) is 12.8 Å². The summed E-state index contributed by atoms with van der Waals surface area (Å²) in [5.74, 6) is 0.134. The summed E-state index contributed by atoms with van der Waals surface area (Å²) in [4.78, 5) is 14.5. The van der Waals surface area contributed by atoms with Gasteiger partial charge in [-0.2, -0.15) is 0 Å². The van der Waals surface area contributed by atoms with Crippen molar-refractivity contribution < 1.29 is 19.7 Å². The van der Waals surface area contributed by atoms with Crippen LogP contribution in [0.25, 0.3) is 0 Å². The van der Waals surface area contributed by atoms with Crippen LogP contribution in [0.3, 0.4) is 0 Å². The molecule has 166 valence electrons. The maximum absolute atomic E-state index is 12.9. The molecule has 0 radical (unpaired) electrons. The summed E-state index contributed by atoms with van der Waals surface area (Å²) in [6, 6.07) is 21.0. The summed E-state index contributed by atoms with van der Waals surface area (Å²) in [5, 5.41) is 5.48. The number of nitrogens with one attached hydrogen (secondary N) is 2. The van der Waals surface area contributed by atoms with Crippen molar-refractivity contribution in [1.29, 1.82) is 0 Å². The number of carbonyl (C=O) groups excluding carboxylic acids is 1. The number of carbonyl (C=O) groups is 1. The van der Waals surface area contributed by atoms with Crippen LogP contribution in [0.15, 0.2) is 60.7 Å². The molecule has 0 spiro atoms. The predicted octanol–water partition coefficient (Wildman–Crippen LogP) is 1.07. The molecule has 1 amide bonds. The maximum Gasteiger partial charge on any atom is 0.275 e. The van der Waals surface area contributed by atoms with Crippen LogP contribution in [0.4, 0.5) is 0 Å². The summed E-state index contributed by atoms with van der Waals surface area (Å²) >= 11 is 0. The van der Waals surface area contributed by atoms with E-state index in [9.17, 15) is 4.79 Å². The van der Waals surface area contributed by atoms with E-state index in [0.717, 1.165) is 32.8 Å². The standard InChI is InChI=1S/C26H35N3O2/c30-24(28-21-26(14-8-3-9-15-26)29-16-18-31-19-17-29)20-27-25(22-10-4-1-5-11-22)23-12-6-2-7-13-23/h1-2,4-7,10-13,25,27H,3,8-9,14-21H2,(H,28,30)/p+2. The summed E-state index contributed by atoms with van der Waals surface area (Å²) < 4.78 is 5.60. The minimum atomic E-state index is 0.127. The Morgan fingerprint density at radius 3 is 2.10 bits per heavy atom. The summed E-state index contributed by atoms with van der Waals surface area (Å²) in [7, 11) is 0. The fourth-order valence-corrected chi connectivity index (χ4v) is 5.38. The van der Waals surface area contributed by atoms with E-state index in [2.05, 4.69) is 59.2 Å². The average Bonchev–Trinajstić information content (AvgIpc) is 2.85. The van der Waals surface area contributed by atoms with E-state index in [0.29, 0.717) is 6.54 Å². The van der Waals surface area contributed by atoms with Gasteiger partial charge < -0.3 is 20.3 Å². The zero-order chi connectivity index (χ0) is 21.4.